The van der Waals surface area contributed by atoms with E-state index in [1.54, 1.807) is 0 Å². The zero-order valence-electron chi connectivity index (χ0n) is 10.8. The van der Waals surface area contributed by atoms with Gasteiger partial charge in [0.2, 0.25) is 0 Å². The predicted octanol–water partition coefficient (Wildman–Crippen LogP) is 2.91. The lowest BCUT2D eigenvalue weighted by atomic mass is 10.0. The second kappa shape index (κ2) is 6.01. The Kier molecular flexibility index (Phi) is 4.62. The van der Waals surface area contributed by atoms with E-state index < -0.39 is 0 Å². The Morgan fingerprint density at radius 2 is 2.24 bits per heavy atom. The van der Waals surface area contributed by atoms with Crippen molar-refractivity contribution in [2.45, 2.75) is 58.5 Å². The second-order valence-electron chi connectivity index (χ2n) is 4.73. The first kappa shape index (κ1) is 13.1. The minimum atomic E-state index is 0.631. The summed E-state index contributed by atoms with van der Waals surface area (Å²) in [5.41, 5.74) is 2.56. The van der Waals surface area contributed by atoms with Gasteiger partial charge in [0.05, 0.1) is 15.9 Å². The number of aryl methyl sites for hydroxylation is 2. The molecular weight excluding hydrogens is 278 g/mol. The van der Waals surface area contributed by atoms with Crippen molar-refractivity contribution in [2.75, 3.05) is 6.54 Å². The summed E-state index contributed by atoms with van der Waals surface area (Å²) in [6, 6.07) is 0.631. The van der Waals surface area contributed by atoms with Crippen LogP contribution in [0.25, 0.3) is 0 Å². The lowest BCUT2D eigenvalue weighted by molar-refractivity contribution is 0.390. The molecule has 1 saturated heterocycles. The Balaban J connectivity index is 2.15. The normalized spacial score (nSPS) is 20.8. The summed E-state index contributed by atoms with van der Waals surface area (Å²) >= 11 is 3.72. The Hall–Kier alpha value is -0.350. The fraction of sp³-hybridized carbons (Fsp3) is 0.769. The molecule has 1 aliphatic rings. The van der Waals surface area contributed by atoms with E-state index in [2.05, 4.69) is 44.9 Å². The first-order valence-electron chi connectivity index (χ1n) is 6.73. The van der Waals surface area contributed by atoms with Gasteiger partial charge in [-0.3, -0.25) is 4.68 Å². The third kappa shape index (κ3) is 2.91. The number of halogens is 1. The van der Waals surface area contributed by atoms with E-state index in [0.717, 1.165) is 19.4 Å². The van der Waals surface area contributed by atoms with Gasteiger partial charge in [0.25, 0.3) is 0 Å². The second-order valence-corrected chi connectivity index (χ2v) is 5.52. The molecule has 0 saturated carbocycles. The zero-order chi connectivity index (χ0) is 12.3. The van der Waals surface area contributed by atoms with Crippen molar-refractivity contribution in [2.24, 2.45) is 0 Å². The van der Waals surface area contributed by atoms with Gasteiger partial charge in [-0.15, -0.1) is 0 Å². The van der Waals surface area contributed by atoms with E-state index in [1.807, 2.05) is 0 Å². The molecule has 1 N–H and O–H groups in total. The fourth-order valence-electron chi connectivity index (χ4n) is 2.54. The van der Waals surface area contributed by atoms with Crippen molar-refractivity contribution in [3.8, 4) is 0 Å². The summed E-state index contributed by atoms with van der Waals surface area (Å²) in [6.45, 7) is 6.45. The van der Waals surface area contributed by atoms with Gasteiger partial charge < -0.3 is 5.32 Å². The average Bonchev–Trinajstić information content (AvgIpc) is 2.68. The molecule has 0 amide bonds. The van der Waals surface area contributed by atoms with Crippen LogP contribution in [0.15, 0.2) is 4.47 Å². The predicted molar refractivity (Wildman–Crippen MR) is 74.3 cm³/mol. The molecule has 0 bridgehead atoms. The van der Waals surface area contributed by atoms with Crippen molar-refractivity contribution >= 4 is 15.9 Å². The van der Waals surface area contributed by atoms with Crippen LogP contribution in [-0.2, 0) is 19.4 Å². The molecule has 96 valence electrons. The number of piperidine rings is 1. The van der Waals surface area contributed by atoms with Crippen molar-refractivity contribution in [3.63, 3.8) is 0 Å². The SMILES string of the molecule is CCc1nn(CC)c(CC2CCCCN2)c1Br. The highest BCUT2D eigenvalue weighted by atomic mass is 79.9. The molecule has 1 atom stereocenters. The summed E-state index contributed by atoms with van der Waals surface area (Å²) in [5, 5.41) is 8.27. The van der Waals surface area contributed by atoms with Crippen LogP contribution in [0.2, 0.25) is 0 Å². The molecule has 0 radical (unpaired) electrons. The molecule has 1 aliphatic heterocycles. The van der Waals surface area contributed by atoms with Crippen molar-refractivity contribution in [1.82, 2.24) is 15.1 Å². The summed E-state index contributed by atoms with van der Waals surface area (Å²) in [5.74, 6) is 0. The molecule has 0 aliphatic carbocycles. The molecule has 0 spiro atoms. The third-order valence-electron chi connectivity index (χ3n) is 3.55. The van der Waals surface area contributed by atoms with Crippen LogP contribution in [0.5, 0.6) is 0 Å². The van der Waals surface area contributed by atoms with E-state index >= 15 is 0 Å². The van der Waals surface area contributed by atoms with Gasteiger partial charge >= 0.3 is 0 Å². The lowest BCUT2D eigenvalue weighted by Crippen LogP contribution is -2.36. The van der Waals surface area contributed by atoms with Crippen LogP contribution < -0.4 is 5.32 Å². The maximum Gasteiger partial charge on any atom is 0.0766 e. The van der Waals surface area contributed by atoms with Gasteiger partial charge in [0.1, 0.15) is 0 Å². The maximum absolute atomic E-state index is 4.65. The van der Waals surface area contributed by atoms with Crippen molar-refractivity contribution in [3.05, 3.63) is 15.9 Å². The Bertz CT molecular complexity index is 367. The third-order valence-corrected chi connectivity index (χ3v) is 4.46. The van der Waals surface area contributed by atoms with E-state index in [9.17, 15) is 0 Å². The Morgan fingerprint density at radius 3 is 2.82 bits per heavy atom. The highest BCUT2D eigenvalue weighted by Crippen LogP contribution is 2.25. The largest absolute Gasteiger partial charge is 0.314 e. The first-order valence-corrected chi connectivity index (χ1v) is 7.53. The quantitative estimate of drug-likeness (QED) is 0.926. The van der Waals surface area contributed by atoms with Gasteiger partial charge in [-0.25, -0.2) is 0 Å². The Labute approximate surface area is 112 Å². The molecule has 1 fully saturated rings. The Morgan fingerprint density at radius 1 is 1.41 bits per heavy atom. The fourth-order valence-corrected chi connectivity index (χ4v) is 3.27. The van der Waals surface area contributed by atoms with Gasteiger partial charge in [-0.1, -0.05) is 13.3 Å². The van der Waals surface area contributed by atoms with E-state index in [1.165, 1.54) is 41.7 Å². The number of nitrogens with zero attached hydrogens (tertiary/aromatic N) is 2. The van der Waals surface area contributed by atoms with Crippen LogP contribution in [-0.4, -0.2) is 22.4 Å². The molecule has 2 rings (SSSR count). The maximum atomic E-state index is 4.65. The standard InChI is InChI=1S/C13H22BrN3/c1-3-11-13(14)12(17(4-2)16-11)9-10-7-5-6-8-15-10/h10,15H,3-9H2,1-2H3. The van der Waals surface area contributed by atoms with Crippen LogP contribution in [0.3, 0.4) is 0 Å². The summed E-state index contributed by atoms with van der Waals surface area (Å²) in [7, 11) is 0. The van der Waals surface area contributed by atoms with Crippen LogP contribution in [0, 0.1) is 0 Å². The minimum absolute atomic E-state index is 0.631. The van der Waals surface area contributed by atoms with E-state index in [0.29, 0.717) is 6.04 Å². The van der Waals surface area contributed by atoms with Gasteiger partial charge in [0, 0.05) is 19.0 Å². The molecule has 3 nitrogen and oxygen atoms in total. The number of nitrogens with one attached hydrogen (secondary N) is 1. The molecule has 1 unspecified atom stereocenters. The molecule has 2 heterocycles. The minimum Gasteiger partial charge on any atom is -0.314 e. The van der Waals surface area contributed by atoms with Crippen LogP contribution in [0.4, 0.5) is 0 Å². The smallest absolute Gasteiger partial charge is 0.0766 e. The number of aromatic nitrogens is 2. The van der Waals surface area contributed by atoms with E-state index in [-0.39, 0.29) is 0 Å². The average molecular weight is 300 g/mol. The zero-order valence-corrected chi connectivity index (χ0v) is 12.4. The molecule has 1 aromatic heterocycles. The number of hydrogen-bond donors (Lipinski definition) is 1. The first-order chi connectivity index (χ1) is 8.26. The summed E-state index contributed by atoms with van der Waals surface area (Å²) in [4.78, 5) is 0. The van der Waals surface area contributed by atoms with Gasteiger partial charge in [-0.2, -0.15) is 5.10 Å². The monoisotopic (exact) mass is 299 g/mol. The number of rotatable bonds is 4. The summed E-state index contributed by atoms with van der Waals surface area (Å²) < 4.78 is 3.38. The highest BCUT2D eigenvalue weighted by molar-refractivity contribution is 9.10. The van der Waals surface area contributed by atoms with Crippen molar-refractivity contribution < 1.29 is 0 Å². The van der Waals surface area contributed by atoms with Gasteiger partial charge in [-0.05, 0) is 48.7 Å². The molecule has 1 aromatic rings. The number of hydrogen-bond acceptors (Lipinski definition) is 2. The van der Waals surface area contributed by atoms with Gasteiger partial charge in [0.15, 0.2) is 0 Å². The molecule has 0 aromatic carbocycles. The molecular formula is C13H22BrN3. The lowest BCUT2D eigenvalue weighted by Gasteiger charge is -2.23. The highest BCUT2D eigenvalue weighted by Gasteiger charge is 2.19. The van der Waals surface area contributed by atoms with Crippen LogP contribution in [0.1, 0.15) is 44.5 Å². The van der Waals surface area contributed by atoms with Crippen LogP contribution >= 0.6 is 15.9 Å². The van der Waals surface area contributed by atoms with E-state index in [4.69, 9.17) is 0 Å². The molecule has 4 heteroatoms. The molecule has 17 heavy (non-hydrogen) atoms. The topological polar surface area (TPSA) is 29.9 Å². The van der Waals surface area contributed by atoms with Crippen molar-refractivity contribution in [1.29, 1.82) is 0 Å². The summed E-state index contributed by atoms with van der Waals surface area (Å²) in [6.07, 6.45) is 6.07.